The van der Waals surface area contributed by atoms with Crippen LogP contribution in [0.4, 0.5) is 0 Å². The molecule has 1 heterocycles. The maximum absolute atomic E-state index is 13.8. The number of carbonyl (C=O) groups is 2. The van der Waals surface area contributed by atoms with E-state index in [2.05, 4.69) is 6.92 Å². The molecule has 0 unspecified atom stereocenters. The lowest BCUT2D eigenvalue weighted by atomic mass is 10.1. The van der Waals surface area contributed by atoms with Crippen molar-refractivity contribution in [3.63, 3.8) is 0 Å². The van der Waals surface area contributed by atoms with E-state index in [1.165, 1.54) is 5.56 Å². The van der Waals surface area contributed by atoms with E-state index in [9.17, 15) is 9.59 Å². The Kier molecular flexibility index (Phi) is 13.7. The molecule has 0 atom stereocenters. The highest BCUT2D eigenvalue weighted by atomic mass is 32.1. The second-order valence-corrected chi connectivity index (χ2v) is 10.9. The van der Waals surface area contributed by atoms with Crippen LogP contribution in [0, 0.1) is 0 Å². The summed E-state index contributed by atoms with van der Waals surface area (Å²) < 4.78 is 16.3. The van der Waals surface area contributed by atoms with Gasteiger partial charge in [0.15, 0.2) is 11.5 Å². The molecule has 0 saturated heterocycles. The van der Waals surface area contributed by atoms with Gasteiger partial charge in [0.25, 0.3) is 5.91 Å². The highest BCUT2D eigenvalue weighted by Gasteiger charge is 2.23. The zero-order chi connectivity index (χ0) is 29.5. The number of nitrogens with zero attached hydrogens (tertiary/aromatic N) is 2. The maximum Gasteiger partial charge on any atom is 0.254 e. The predicted molar refractivity (Wildman–Crippen MR) is 165 cm³/mol. The molecule has 0 aliphatic carbocycles. The minimum absolute atomic E-state index is 0.0137. The largest absolute Gasteiger partial charge is 0.493 e. The van der Waals surface area contributed by atoms with Gasteiger partial charge in [-0.2, -0.15) is 0 Å². The van der Waals surface area contributed by atoms with Crippen LogP contribution in [0.1, 0.15) is 59.5 Å². The molecule has 41 heavy (non-hydrogen) atoms. The molecule has 3 rings (SSSR count). The summed E-state index contributed by atoms with van der Waals surface area (Å²) in [7, 11) is 3.23. The minimum atomic E-state index is -0.132. The lowest BCUT2D eigenvalue weighted by Crippen LogP contribution is -2.44. The Labute approximate surface area is 249 Å². The van der Waals surface area contributed by atoms with E-state index in [4.69, 9.17) is 14.2 Å². The van der Waals surface area contributed by atoms with Crippen LogP contribution in [0.25, 0.3) is 0 Å². The summed E-state index contributed by atoms with van der Waals surface area (Å²) in [6.45, 7) is 6.76. The van der Waals surface area contributed by atoms with Gasteiger partial charge in [0.05, 0.1) is 20.8 Å². The van der Waals surface area contributed by atoms with Gasteiger partial charge in [-0.1, -0.05) is 37.6 Å². The van der Waals surface area contributed by atoms with Crippen molar-refractivity contribution in [1.82, 2.24) is 9.80 Å². The number of methoxy groups -OCH3 is 2. The second kappa shape index (κ2) is 17.5. The Hall–Kier alpha value is -3.36. The summed E-state index contributed by atoms with van der Waals surface area (Å²) in [5.74, 6) is 1.12. The van der Waals surface area contributed by atoms with Crippen molar-refractivity contribution >= 4 is 23.2 Å². The fourth-order valence-corrected chi connectivity index (χ4v) is 5.30. The summed E-state index contributed by atoms with van der Waals surface area (Å²) in [5.41, 5.74) is 2.86. The first-order chi connectivity index (χ1) is 20.0. The number of rotatable bonds is 18. The fraction of sp³-hybridized carbons (Fsp3) is 0.455. The normalized spacial score (nSPS) is 10.8. The average molecular weight is 581 g/mol. The van der Waals surface area contributed by atoms with Crippen molar-refractivity contribution in [3.05, 3.63) is 81.5 Å². The molecule has 8 heteroatoms. The Morgan fingerprint density at radius 3 is 2.24 bits per heavy atom. The molecule has 222 valence electrons. The van der Waals surface area contributed by atoms with E-state index in [1.54, 1.807) is 30.5 Å². The molecule has 0 spiro atoms. The third-order valence-corrected chi connectivity index (χ3v) is 7.81. The van der Waals surface area contributed by atoms with Crippen LogP contribution in [0.2, 0.25) is 0 Å². The van der Waals surface area contributed by atoms with Crippen molar-refractivity contribution in [2.75, 3.05) is 47.1 Å². The molecule has 0 fully saturated rings. The third-order valence-electron chi connectivity index (χ3n) is 6.95. The van der Waals surface area contributed by atoms with Gasteiger partial charge >= 0.3 is 0 Å². The Bertz CT molecular complexity index is 1200. The van der Waals surface area contributed by atoms with E-state index in [-0.39, 0.29) is 18.4 Å². The van der Waals surface area contributed by atoms with Gasteiger partial charge in [-0.15, -0.1) is 11.3 Å². The minimum Gasteiger partial charge on any atom is -0.493 e. The highest BCUT2D eigenvalue weighted by molar-refractivity contribution is 7.09. The van der Waals surface area contributed by atoms with E-state index in [0.717, 1.165) is 29.7 Å². The van der Waals surface area contributed by atoms with Crippen molar-refractivity contribution in [2.24, 2.45) is 0 Å². The molecule has 0 aliphatic rings. The standard InChI is InChI=1S/C33H44N2O5S/c1-5-7-10-26-12-15-28(16-13-26)33(37)35(19-9-21-40-6-2)25-32(36)34(24-29-11-8-22-41-29)20-18-27-14-17-30(38-3)31(23-27)39-4/h8,11-17,22-23H,5-7,9-10,18-21,24-25H2,1-4H3. The molecule has 1 aromatic heterocycles. The van der Waals surface area contributed by atoms with Crippen molar-refractivity contribution in [3.8, 4) is 11.5 Å². The van der Waals surface area contributed by atoms with Gasteiger partial charge in [0.1, 0.15) is 6.54 Å². The van der Waals surface area contributed by atoms with Crippen LogP contribution in [-0.2, 0) is 28.9 Å². The molecule has 0 bridgehead atoms. The lowest BCUT2D eigenvalue weighted by Gasteiger charge is -2.28. The number of hydrogen-bond donors (Lipinski definition) is 0. The third kappa shape index (κ3) is 10.2. The Balaban J connectivity index is 1.76. The quantitative estimate of drug-likeness (QED) is 0.167. The van der Waals surface area contributed by atoms with E-state index in [0.29, 0.717) is 62.8 Å². The summed E-state index contributed by atoms with van der Waals surface area (Å²) in [5, 5.41) is 2.01. The number of amides is 2. The van der Waals surface area contributed by atoms with Crippen molar-refractivity contribution in [2.45, 2.75) is 52.5 Å². The summed E-state index contributed by atoms with van der Waals surface area (Å²) >= 11 is 1.62. The molecule has 7 nitrogen and oxygen atoms in total. The van der Waals surface area contributed by atoms with Crippen molar-refractivity contribution in [1.29, 1.82) is 0 Å². The van der Waals surface area contributed by atoms with Gasteiger partial charge in [-0.25, -0.2) is 0 Å². The van der Waals surface area contributed by atoms with Gasteiger partial charge in [-0.3, -0.25) is 9.59 Å². The predicted octanol–water partition coefficient (Wildman–Crippen LogP) is 6.25. The Morgan fingerprint density at radius 2 is 1.59 bits per heavy atom. The SMILES string of the molecule is CCCCc1ccc(C(=O)N(CCCOCC)CC(=O)N(CCc2ccc(OC)c(OC)c2)Cc2cccs2)cc1. The monoisotopic (exact) mass is 580 g/mol. The Morgan fingerprint density at radius 1 is 0.829 bits per heavy atom. The molecule has 0 aliphatic heterocycles. The molecular formula is C33H44N2O5S. The summed E-state index contributed by atoms with van der Waals surface area (Å²) in [6, 6.07) is 17.7. The van der Waals surface area contributed by atoms with E-state index >= 15 is 0 Å². The van der Waals surface area contributed by atoms with E-state index in [1.807, 2.05) is 71.8 Å². The molecular weight excluding hydrogens is 536 g/mol. The first kappa shape index (κ1) is 32.2. The highest BCUT2D eigenvalue weighted by Crippen LogP contribution is 2.28. The van der Waals surface area contributed by atoms with Crippen LogP contribution in [0.5, 0.6) is 11.5 Å². The zero-order valence-electron chi connectivity index (χ0n) is 24.9. The number of benzene rings is 2. The maximum atomic E-state index is 13.8. The number of hydrogen-bond acceptors (Lipinski definition) is 6. The van der Waals surface area contributed by atoms with Crippen LogP contribution in [0.3, 0.4) is 0 Å². The zero-order valence-corrected chi connectivity index (χ0v) is 25.7. The molecule has 2 amide bonds. The average Bonchev–Trinajstić information content (AvgIpc) is 3.52. The lowest BCUT2D eigenvalue weighted by molar-refractivity contribution is -0.132. The van der Waals surface area contributed by atoms with E-state index < -0.39 is 0 Å². The van der Waals surface area contributed by atoms with Gasteiger partial charge < -0.3 is 24.0 Å². The second-order valence-electron chi connectivity index (χ2n) is 9.91. The number of thiophene rings is 1. The topological polar surface area (TPSA) is 68.3 Å². The van der Waals surface area contributed by atoms with Crippen LogP contribution in [-0.4, -0.2) is 68.7 Å². The van der Waals surface area contributed by atoms with Gasteiger partial charge in [0.2, 0.25) is 5.91 Å². The fourth-order valence-electron chi connectivity index (χ4n) is 4.58. The first-order valence-corrected chi connectivity index (χ1v) is 15.3. The molecule has 2 aromatic carbocycles. The smallest absolute Gasteiger partial charge is 0.254 e. The van der Waals surface area contributed by atoms with Crippen LogP contribution < -0.4 is 9.47 Å². The molecule has 0 radical (unpaired) electrons. The number of unbranched alkanes of at least 4 members (excludes halogenated alkanes) is 1. The molecule has 0 saturated carbocycles. The summed E-state index contributed by atoms with van der Waals surface area (Å²) in [4.78, 5) is 32.0. The van der Waals surface area contributed by atoms with Gasteiger partial charge in [-0.05, 0) is 79.4 Å². The van der Waals surface area contributed by atoms with Crippen LogP contribution in [0.15, 0.2) is 60.0 Å². The first-order valence-electron chi connectivity index (χ1n) is 14.5. The molecule has 3 aromatic rings. The van der Waals surface area contributed by atoms with Gasteiger partial charge in [0, 0.05) is 36.7 Å². The molecule has 0 N–H and O–H groups in total. The van der Waals surface area contributed by atoms with Crippen molar-refractivity contribution < 1.29 is 23.8 Å². The number of carbonyl (C=O) groups excluding carboxylic acids is 2. The number of aryl methyl sites for hydroxylation is 1. The van der Waals surface area contributed by atoms with Crippen LogP contribution >= 0.6 is 11.3 Å². The number of ether oxygens (including phenoxy) is 3. The summed E-state index contributed by atoms with van der Waals surface area (Å²) in [6.07, 6.45) is 4.56.